The van der Waals surface area contributed by atoms with Gasteiger partial charge in [-0.3, -0.25) is 0 Å². The molecule has 0 unspecified atom stereocenters. The van der Waals surface area contributed by atoms with Crippen LogP contribution in [-0.2, 0) is 16.7 Å². The van der Waals surface area contributed by atoms with Gasteiger partial charge < -0.3 is 14.0 Å². The summed E-state index contributed by atoms with van der Waals surface area (Å²) in [4.78, 5) is 0. The van der Waals surface area contributed by atoms with Crippen LogP contribution in [0.4, 0.5) is 0 Å². The third kappa shape index (κ3) is 3.27. The zero-order valence-corrected chi connectivity index (χ0v) is 18.0. The Morgan fingerprint density at radius 3 is 2.69 bits per heavy atom. The quantitative estimate of drug-likeness (QED) is 0.710. The number of nitrogens with two attached hydrogens (primary N) is 1. The van der Waals surface area contributed by atoms with E-state index in [-0.39, 0.29) is 11.2 Å². The molecule has 3 aliphatic carbocycles. The summed E-state index contributed by atoms with van der Waals surface area (Å²) >= 11 is 0. The number of hydrogen-bond donors (Lipinski definition) is 2. The van der Waals surface area contributed by atoms with Gasteiger partial charge in [0, 0.05) is 0 Å². The van der Waals surface area contributed by atoms with E-state index in [2.05, 4.69) is 13.5 Å². The van der Waals surface area contributed by atoms with Crippen LogP contribution in [0.5, 0.6) is 11.5 Å². The van der Waals surface area contributed by atoms with E-state index in [4.69, 9.17) is 14.1 Å². The predicted octanol–water partition coefficient (Wildman–Crippen LogP) is 3.44. The number of methoxy groups -OCH3 is 1. The van der Waals surface area contributed by atoms with Crippen molar-refractivity contribution in [2.45, 2.75) is 63.4 Å². The highest BCUT2D eigenvalue weighted by atomic mass is 32.2. The minimum absolute atomic E-state index is 0.0827. The SMILES string of the molecule is C=CC[C@]1(O)CC[C@H]2[C@@H]3CCc4cc(OS(N)(=O)=O)c(OC)cc4[C@H]3CC[C@@]21C. The van der Waals surface area contributed by atoms with Gasteiger partial charge >= 0.3 is 10.3 Å². The first-order chi connectivity index (χ1) is 13.6. The standard InChI is InChI=1S/C22H31NO5S/c1-4-9-22(24)11-8-18-16-6-5-14-12-20(28-29(23,25)26)19(27-3)13-17(14)15(16)7-10-21(18,22)2/h4,12-13,15-16,18,24H,1,5-11H2,2-3H3,(H2,23,25,26)/t15-,16+,18-,21-,22-/m0/s1. The van der Waals surface area contributed by atoms with Crippen molar-refractivity contribution in [3.63, 3.8) is 0 Å². The number of aryl methyl sites for hydroxylation is 1. The third-order valence-corrected chi connectivity index (χ3v) is 8.43. The van der Waals surface area contributed by atoms with Crippen molar-refractivity contribution in [2.24, 2.45) is 22.4 Å². The molecule has 0 amide bonds. The van der Waals surface area contributed by atoms with Crippen molar-refractivity contribution in [2.75, 3.05) is 7.11 Å². The number of fused-ring (bicyclic) bond motifs is 5. The molecule has 2 saturated carbocycles. The van der Waals surface area contributed by atoms with Crippen LogP contribution in [0.15, 0.2) is 24.8 Å². The Hall–Kier alpha value is -1.57. The molecule has 0 bridgehead atoms. The fourth-order valence-corrected chi connectivity index (χ4v) is 6.99. The minimum Gasteiger partial charge on any atom is -0.493 e. The van der Waals surface area contributed by atoms with Crippen LogP contribution < -0.4 is 14.1 Å². The number of ether oxygens (including phenoxy) is 1. The van der Waals surface area contributed by atoms with Crippen LogP contribution in [-0.4, -0.2) is 26.2 Å². The van der Waals surface area contributed by atoms with E-state index in [0.29, 0.717) is 29.9 Å². The molecule has 7 heteroatoms. The Morgan fingerprint density at radius 2 is 2.03 bits per heavy atom. The van der Waals surface area contributed by atoms with Crippen molar-refractivity contribution in [3.05, 3.63) is 35.9 Å². The maximum Gasteiger partial charge on any atom is 0.380 e. The van der Waals surface area contributed by atoms with E-state index in [0.717, 1.165) is 44.1 Å². The molecule has 0 radical (unpaired) electrons. The number of aliphatic hydroxyl groups is 1. The molecular weight excluding hydrogens is 390 g/mol. The van der Waals surface area contributed by atoms with E-state index < -0.39 is 15.9 Å². The van der Waals surface area contributed by atoms with Crippen molar-refractivity contribution in [1.29, 1.82) is 0 Å². The van der Waals surface area contributed by atoms with Crippen molar-refractivity contribution < 1.29 is 22.4 Å². The zero-order chi connectivity index (χ0) is 21.0. The highest BCUT2D eigenvalue weighted by Gasteiger charge is 2.60. The van der Waals surface area contributed by atoms with Gasteiger partial charge in [-0.25, -0.2) is 0 Å². The Balaban J connectivity index is 1.69. The van der Waals surface area contributed by atoms with Gasteiger partial charge in [-0.2, -0.15) is 13.6 Å². The van der Waals surface area contributed by atoms with Crippen molar-refractivity contribution in [1.82, 2.24) is 0 Å². The van der Waals surface area contributed by atoms with Crippen LogP contribution in [0.1, 0.15) is 62.5 Å². The molecule has 0 spiro atoms. The highest BCUT2D eigenvalue weighted by molar-refractivity contribution is 7.84. The van der Waals surface area contributed by atoms with E-state index >= 15 is 0 Å². The molecule has 0 aliphatic heterocycles. The van der Waals surface area contributed by atoms with Crippen LogP contribution >= 0.6 is 0 Å². The second-order valence-electron chi connectivity index (χ2n) is 9.21. The molecule has 29 heavy (non-hydrogen) atoms. The summed E-state index contributed by atoms with van der Waals surface area (Å²) < 4.78 is 33.2. The fraction of sp³-hybridized carbons (Fsp3) is 0.636. The molecule has 0 saturated heterocycles. The molecule has 6 nitrogen and oxygen atoms in total. The summed E-state index contributed by atoms with van der Waals surface area (Å²) in [5.41, 5.74) is 1.59. The molecular formula is C22H31NO5S. The molecule has 4 rings (SSSR count). The van der Waals surface area contributed by atoms with Crippen LogP contribution in [0.3, 0.4) is 0 Å². The molecule has 3 N–H and O–H groups in total. The smallest absolute Gasteiger partial charge is 0.380 e. The van der Waals surface area contributed by atoms with Gasteiger partial charge in [0.15, 0.2) is 11.5 Å². The lowest BCUT2D eigenvalue weighted by Crippen LogP contribution is -2.50. The number of hydrogen-bond acceptors (Lipinski definition) is 5. The van der Waals surface area contributed by atoms with E-state index in [1.54, 1.807) is 6.07 Å². The van der Waals surface area contributed by atoms with Gasteiger partial charge in [-0.15, -0.1) is 6.58 Å². The Labute approximate surface area is 173 Å². The van der Waals surface area contributed by atoms with Crippen molar-refractivity contribution >= 4 is 10.3 Å². The Bertz CT molecular complexity index is 929. The van der Waals surface area contributed by atoms with Gasteiger partial charge in [0.05, 0.1) is 12.7 Å². The molecule has 160 valence electrons. The van der Waals surface area contributed by atoms with Gasteiger partial charge in [0.2, 0.25) is 0 Å². The summed E-state index contributed by atoms with van der Waals surface area (Å²) in [6.45, 7) is 6.13. The number of rotatable bonds is 5. The van der Waals surface area contributed by atoms with E-state index in [1.807, 2.05) is 12.1 Å². The summed E-state index contributed by atoms with van der Waals surface area (Å²) in [6, 6.07) is 3.70. The van der Waals surface area contributed by atoms with Gasteiger partial charge in [0.25, 0.3) is 0 Å². The summed E-state index contributed by atoms with van der Waals surface area (Å²) in [5, 5.41) is 16.4. The average Bonchev–Trinajstić information content (AvgIpc) is 2.91. The van der Waals surface area contributed by atoms with Gasteiger partial charge in [-0.1, -0.05) is 13.0 Å². The first-order valence-electron chi connectivity index (χ1n) is 10.4. The normalized spacial score (nSPS) is 35.9. The average molecular weight is 422 g/mol. The molecule has 5 atom stereocenters. The lowest BCUT2D eigenvalue weighted by molar-refractivity contribution is -0.100. The van der Waals surface area contributed by atoms with Crippen molar-refractivity contribution in [3.8, 4) is 11.5 Å². The van der Waals surface area contributed by atoms with E-state index in [1.165, 1.54) is 12.7 Å². The highest BCUT2D eigenvalue weighted by Crippen LogP contribution is 2.65. The molecule has 1 aromatic carbocycles. The number of benzene rings is 1. The lowest BCUT2D eigenvalue weighted by Gasteiger charge is -2.53. The largest absolute Gasteiger partial charge is 0.493 e. The molecule has 0 heterocycles. The van der Waals surface area contributed by atoms with Crippen LogP contribution in [0, 0.1) is 17.3 Å². The fourth-order valence-electron chi connectivity index (χ4n) is 6.61. The second-order valence-corrected chi connectivity index (χ2v) is 10.4. The summed E-state index contributed by atoms with van der Waals surface area (Å²) in [5.74, 6) is 1.91. The maximum absolute atomic E-state index is 11.4. The third-order valence-electron chi connectivity index (χ3n) is 8.02. The molecule has 2 fully saturated rings. The molecule has 0 aromatic heterocycles. The zero-order valence-electron chi connectivity index (χ0n) is 17.2. The van der Waals surface area contributed by atoms with Crippen LogP contribution in [0.2, 0.25) is 0 Å². The lowest BCUT2D eigenvalue weighted by atomic mass is 9.53. The first-order valence-corrected chi connectivity index (χ1v) is 11.9. The Morgan fingerprint density at radius 1 is 1.28 bits per heavy atom. The topological polar surface area (TPSA) is 98.9 Å². The monoisotopic (exact) mass is 421 g/mol. The van der Waals surface area contributed by atoms with Gasteiger partial charge in [-0.05, 0) is 91.4 Å². The minimum atomic E-state index is -4.11. The second kappa shape index (κ2) is 7.00. The van der Waals surface area contributed by atoms with Crippen LogP contribution in [0.25, 0.3) is 0 Å². The van der Waals surface area contributed by atoms with E-state index in [9.17, 15) is 13.5 Å². The Kier molecular flexibility index (Phi) is 4.99. The molecule has 1 aromatic rings. The maximum atomic E-state index is 11.4. The summed E-state index contributed by atoms with van der Waals surface area (Å²) in [6.07, 6.45) is 8.24. The first kappa shape index (κ1) is 20.7. The summed E-state index contributed by atoms with van der Waals surface area (Å²) in [7, 11) is -2.61. The molecule has 3 aliphatic rings. The van der Waals surface area contributed by atoms with Gasteiger partial charge in [0.1, 0.15) is 0 Å². The predicted molar refractivity (Wildman–Crippen MR) is 111 cm³/mol.